The van der Waals surface area contributed by atoms with Gasteiger partial charge in [-0.25, -0.2) is 0 Å². The second-order valence-electron chi connectivity index (χ2n) is 8.21. The maximum absolute atomic E-state index is 11.7. The number of thiol groups is 2. The Bertz CT molecular complexity index is 411. The number of hydrogen-bond acceptors (Lipinski definition) is 6. The van der Waals surface area contributed by atoms with E-state index in [0.29, 0.717) is 12.1 Å². The standard InChI is InChI=1S/2C10H21NOS/c1-6(2)10(12)9(8(5)13)11-7(3)4;1-6(2)9(12)10(13)8(5)11-7(3)4/h6-9,11,13H,1-5H3;6-8,10-11,13H,1-5H3. The van der Waals surface area contributed by atoms with Gasteiger partial charge < -0.3 is 10.6 Å². The van der Waals surface area contributed by atoms with Gasteiger partial charge in [0.1, 0.15) is 5.78 Å². The van der Waals surface area contributed by atoms with Crippen molar-refractivity contribution in [3.05, 3.63) is 0 Å². The highest BCUT2D eigenvalue weighted by Crippen LogP contribution is 2.11. The van der Waals surface area contributed by atoms with Gasteiger partial charge in [-0.2, -0.15) is 25.3 Å². The van der Waals surface area contributed by atoms with Gasteiger partial charge in [-0.1, -0.05) is 62.3 Å². The zero-order valence-electron chi connectivity index (χ0n) is 18.3. The number of ketones is 2. The molecule has 0 aromatic rings. The van der Waals surface area contributed by atoms with Crippen LogP contribution in [0.1, 0.15) is 69.2 Å². The summed E-state index contributed by atoms with van der Waals surface area (Å²) in [5, 5.41) is 6.39. The Hall–Kier alpha value is -0.0400. The Morgan fingerprint density at radius 3 is 1.31 bits per heavy atom. The molecule has 0 rings (SSSR count). The summed E-state index contributed by atoms with van der Waals surface area (Å²) in [5.74, 6) is 0.602. The van der Waals surface area contributed by atoms with Crippen molar-refractivity contribution in [1.82, 2.24) is 10.6 Å². The molecule has 0 aliphatic rings. The predicted octanol–water partition coefficient (Wildman–Crippen LogP) is 3.79. The van der Waals surface area contributed by atoms with Crippen LogP contribution < -0.4 is 10.6 Å². The highest BCUT2D eigenvalue weighted by atomic mass is 32.1. The van der Waals surface area contributed by atoms with Crippen molar-refractivity contribution in [2.45, 2.75) is 104 Å². The molecule has 0 aromatic carbocycles. The Balaban J connectivity index is 0. The third kappa shape index (κ3) is 12.4. The summed E-state index contributed by atoms with van der Waals surface area (Å²) in [7, 11) is 0. The molecule has 0 bridgehead atoms. The first-order valence-corrected chi connectivity index (χ1v) is 10.7. The minimum atomic E-state index is -0.192. The van der Waals surface area contributed by atoms with E-state index in [1.165, 1.54) is 0 Å². The van der Waals surface area contributed by atoms with E-state index in [1.54, 1.807) is 0 Å². The van der Waals surface area contributed by atoms with E-state index in [-0.39, 0.29) is 46.0 Å². The fourth-order valence-corrected chi connectivity index (χ4v) is 3.00. The number of Topliss-reactive ketones (excluding diaryl/α,β-unsaturated/α-hetero) is 2. The number of nitrogens with one attached hydrogen (secondary N) is 2. The summed E-state index contributed by atoms with van der Waals surface area (Å²) in [4.78, 5) is 23.3. The number of carbonyl (C=O) groups excluding carboxylic acids is 2. The van der Waals surface area contributed by atoms with E-state index in [2.05, 4.69) is 49.7 Å². The zero-order chi connectivity index (χ0) is 21.2. The minimum absolute atomic E-state index is 0.0669. The highest BCUT2D eigenvalue weighted by Gasteiger charge is 2.25. The molecule has 4 nitrogen and oxygen atoms in total. The maximum atomic E-state index is 11.7. The molecular weight excluding hydrogens is 364 g/mol. The van der Waals surface area contributed by atoms with E-state index in [0.717, 1.165) is 0 Å². The number of rotatable bonds is 10. The molecule has 0 spiro atoms. The van der Waals surface area contributed by atoms with Crippen LogP contribution in [0.5, 0.6) is 0 Å². The van der Waals surface area contributed by atoms with Crippen molar-refractivity contribution < 1.29 is 9.59 Å². The first-order chi connectivity index (χ1) is 11.7. The predicted molar refractivity (Wildman–Crippen MR) is 121 cm³/mol. The second-order valence-corrected chi connectivity index (χ2v) is 9.58. The summed E-state index contributed by atoms with van der Waals surface area (Å²) < 4.78 is 0. The van der Waals surface area contributed by atoms with Crippen molar-refractivity contribution in [3.8, 4) is 0 Å². The van der Waals surface area contributed by atoms with Crippen LogP contribution >= 0.6 is 25.3 Å². The molecule has 0 heterocycles. The lowest BCUT2D eigenvalue weighted by Crippen LogP contribution is -2.47. The van der Waals surface area contributed by atoms with Crippen LogP contribution in [0.3, 0.4) is 0 Å². The van der Waals surface area contributed by atoms with Gasteiger partial charge in [0.15, 0.2) is 5.78 Å². The minimum Gasteiger partial charge on any atom is -0.311 e. The van der Waals surface area contributed by atoms with Gasteiger partial charge in [0, 0.05) is 35.2 Å². The second kappa shape index (κ2) is 14.0. The molecule has 0 amide bonds. The third-order valence-corrected chi connectivity index (χ3v) is 4.80. The highest BCUT2D eigenvalue weighted by molar-refractivity contribution is 7.82. The summed E-state index contributed by atoms with van der Waals surface area (Å²) in [6, 6.07) is 0.730. The number of hydrogen-bond donors (Lipinski definition) is 4. The molecule has 0 aromatic heterocycles. The summed E-state index contributed by atoms with van der Waals surface area (Å²) in [5.41, 5.74) is 0. The largest absolute Gasteiger partial charge is 0.311 e. The van der Waals surface area contributed by atoms with Gasteiger partial charge in [0.25, 0.3) is 0 Å². The average molecular weight is 407 g/mol. The average Bonchev–Trinajstić information content (AvgIpc) is 2.49. The van der Waals surface area contributed by atoms with Crippen LogP contribution in [0.2, 0.25) is 0 Å². The van der Waals surface area contributed by atoms with Gasteiger partial charge in [-0.3, -0.25) is 9.59 Å². The summed E-state index contributed by atoms with van der Waals surface area (Å²) in [6.07, 6.45) is 0. The van der Waals surface area contributed by atoms with Gasteiger partial charge in [-0.05, 0) is 6.92 Å². The molecule has 0 fully saturated rings. The molecular formula is C20H42N2O2S2. The molecule has 6 heteroatoms. The van der Waals surface area contributed by atoms with Crippen molar-refractivity contribution >= 4 is 36.8 Å². The van der Waals surface area contributed by atoms with E-state index >= 15 is 0 Å². The molecule has 0 radical (unpaired) electrons. The van der Waals surface area contributed by atoms with Gasteiger partial charge >= 0.3 is 0 Å². The Kier molecular flexibility index (Phi) is 15.2. The van der Waals surface area contributed by atoms with Gasteiger partial charge in [0.2, 0.25) is 0 Å². The van der Waals surface area contributed by atoms with E-state index < -0.39 is 0 Å². The van der Waals surface area contributed by atoms with Crippen molar-refractivity contribution in [2.24, 2.45) is 11.8 Å². The monoisotopic (exact) mass is 406 g/mol. The smallest absolute Gasteiger partial charge is 0.153 e. The molecule has 4 atom stereocenters. The molecule has 0 saturated heterocycles. The fourth-order valence-electron chi connectivity index (χ4n) is 2.38. The van der Waals surface area contributed by atoms with Crippen molar-refractivity contribution in [1.29, 1.82) is 0 Å². The molecule has 156 valence electrons. The fraction of sp³-hybridized carbons (Fsp3) is 0.900. The molecule has 4 unspecified atom stereocenters. The van der Waals surface area contributed by atoms with Crippen LogP contribution in [0.4, 0.5) is 0 Å². The van der Waals surface area contributed by atoms with Crippen LogP contribution in [0.15, 0.2) is 0 Å². The lowest BCUT2D eigenvalue weighted by Gasteiger charge is -2.24. The normalized spacial score (nSPS) is 16.3. The molecule has 0 saturated carbocycles. The van der Waals surface area contributed by atoms with E-state index in [9.17, 15) is 9.59 Å². The molecule has 2 N–H and O–H groups in total. The zero-order valence-corrected chi connectivity index (χ0v) is 20.1. The molecule has 0 aliphatic heterocycles. The quantitative estimate of drug-likeness (QED) is 0.417. The SMILES string of the molecule is CC(C)NC(C(=O)C(C)C)C(C)S.CC(C)NC(C)C(S)C(=O)C(C)C. The summed E-state index contributed by atoms with van der Waals surface area (Å²) in [6.45, 7) is 19.8. The van der Waals surface area contributed by atoms with E-state index in [1.807, 2.05) is 55.4 Å². The lowest BCUT2D eigenvalue weighted by molar-refractivity contribution is -0.124. The third-order valence-electron chi connectivity index (χ3n) is 3.80. The number of carbonyl (C=O) groups is 2. The lowest BCUT2D eigenvalue weighted by atomic mass is 9.99. The molecule has 0 aliphatic carbocycles. The first kappa shape index (κ1) is 28.2. The van der Waals surface area contributed by atoms with Crippen LogP contribution in [0.25, 0.3) is 0 Å². The Morgan fingerprint density at radius 1 is 0.654 bits per heavy atom. The van der Waals surface area contributed by atoms with Crippen molar-refractivity contribution in [3.63, 3.8) is 0 Å². The topological polar surface area (TPSA) is 58.2 Å². The van der Waals surface area contributed by atoms with E-state index in [4.69, 9.17) is 0 Å². The van der Waals surface area contributed by atoms with Gasteiger partial charge in [-0.15, -0.1) is 0 Å². The Morgan fingerprint density at radius 2 is 1.04 bits per heavy atom. The first-order valence-electron chi connectivity index (χ1n) is 9.67. The van der Waals surface area contributed by atoms with Crippen molar-refractivity contribution in [2.75, 3.05) is 0 Å². The van der Waals surface area contributed by atoms with Crippen LogP contribution in [-0.4, -0.2) is 46.2 Å². The summed E-state index contributed by atoms with van der Waals surface area (Å²) >= 11 is 8.64. The van der Waals surface area contributed by atoms with Crippen LogP contribution in [0, 0.1) is 11.8 Å². The molecule has 26 heavy (non-hydrogen) atoms. The maximum Gasteiger partial charge on any atom is 0.153 e. The van der Waals surface area contributed by atoms with Crippen LogP contribution in [-0.2, 0) is 9.59 Å². The van der Waals surface area contributed by atoms with Gasteiger partial charge in [0.05, 0.1) is 11.3 Å². The Labute approximate surface area is 172 Å².